The lowest BCUT2D eigenvalue weighted by atomic mass is 9.98. The molecule has 0 amide bonds. The maximum Gasteiger partial charge on any atom is 0.161 e. The Bertz CT molecular complexity index is 436. The molecule has 1 unspecified atom stereocenters. The minimum Gasteiger partial charge on any atom is -0.493 e. The maximum absolute atomic E-state index is 5.40. The highest BCUT2D eigenvalue weighted by Gasteiger charge is 2.32. The smallest absolute Gasteiger partial charge is 0.161 e. The fraction of sp³-hybridized carbons (Fsp3) is 0.538. The first-order chi connectivity index (χ1) is 8.33. The number of fused-ring (bicyclic) bond motifs is 3. The first-order valence-electron chi connectivity index (χ1n) is 5.94. The fourth-order valence-corrected chi connectivity index (χ4v) is 4.05. The molecule has 3 nitrogen and oxygen atoms in total. The quantitative estimate of drug-likeness (QED) is 0.804. The fourth-order valence-electron chi connectivity index (χ4n) is 2.67. The monoisotopic (exact) mass is 251 g/mol. The molecule has 0 bridgehead atoms. The van der Waals surface area contributed by atoms with Crippen LogP contribution in [-0.2, 0) is 6.42 Å². The van der Waals surface area contributed by atoms with Gasteiger partial charge in [0.2, 0.25) is 0 Å². The second-order valence-electron chi connectivity index (χ2n) is 4.42. The number of benzene rings is 1. The summed E-state index contributed by atoms with van der Waals surface area (Å²) in [7, 11) is 3.40. The molecule has 0 aliphatic carbocycles. The van der Waals surface area contributed by atoms with Crippen LogP contribution in [0.25, 0.3) is 0 Å². The molecule has 1 atom stereocenters. The summed E-state index contributed by atoms with van der Waals surface area (Å²) in [5.41, 5.74) is 2.83. The van der Waals surface area contributed by atoms with Crippen LogP contribution in [0.2, 0.25) is 0 Å². The molecule has 4 heteroatoms. The Kier molecular flexibility index (Phi) is 2.92. The molecule has 0 N–H and O–H groups in total. The maximum atomic E-state index is 5.40. The van der Waals surface area contributed by atoms with Crippen LogP contribution in [0, 0.1) is 0 Å². The minimum atomic E-state index is 0.526. The van der Waals surface area contributed by atoms with Crippen molar-refractivity contribution in [2.75, 3.05) is 33.1 Å². The molecule has 1 fully saturated rings. The zero-order valence-electron chi connectivity index (χ0n) is 10.2. The Balaban J connectivity index is 2.06. The number of ether oxygens (including phenoxy) is 2. The zero-order chi connectivity index (χ0) is 11.8. The highest BCUT2D eigenvalue weighted by molar-refractivity contribution is 7.99. The van der Waals surface area contributed by atoms with E-state index in [0.29, 0.717) is 5.37 Å². The van der Waals surface area contributed by atoms with E-state index in [0.717, 1.165) is 17.9 Å². The van der Waals surface area contributed by atoms with Gasteiger partial charge in [-0.2, -0.15) is 0 Å². The van der Waals surface area contributed by atoms with Gasteiger partial charge in [0, 0.05) is 18.8 Å². The summed E-state index contributed by atoms with van der Waals surface area (Å²) in [5, 5.41) is 0.526. The van der Waals surface area contributed by atoms with Crippen molar-refractivity contribution < 1.29 is 9.47 Å². The number of hydrogen-bond acceptors (Lipinski definition) is 4. The molecule has 1 saturated heterocycles. The van der Waals surface area contributed by atoms with Gasteiger partial charge in [-0.05, 0) is 29.7 Å². The average molecular weight is 251 g/mol. The summed E-state index contributed by atoms with van der Waals surface area (Å²) in [6.45, 7) is 2.38. The standard InChI is InChI=1S/C13H17NO2S/c1-15-11-7-9-3-4-14-5-6-17-13(14)10(9)8-12(11)16-2/h7-8,13H,3-6H2,1-2H3. The van der Waals surface area contributed by atoms with Crippen molar-refractivity contribution in [1.29, 1.82) is 0 Å². The van der Waals surface area contributed by atoms with Crippen LogP contribution >= 0.6 is 11.8 Å². The number of hydrogen-bond donors (Lipinski definition) is 0. The van der Waals surface area contributed by atoms with Crippen LogP contribution in [0.3, 0.4) is 0 Å². The SMILES string of the molecule is COc1cc2c(cc1OC)C1SCCN1CC2. The lowest BCUT2D eigenvalue weighted by molar-refractivity contribution is 0.275. The van der Waals surface area contributed by atoms with E-state index in [1.807, 2.05) is 11.8 Å². The van der Waals surface area contributed by atoms with Gasteiger partial charge >= 0.3 is 0 Å². The number of nitrogens with zero attached hydrogens (tertiary/aromatic N) is 1. The van der Waals surface area contributed by atoms with Crippen molar-refractivity contribution in [2.45, 2.75) is 11.8 Å². The first-order valence-corrected chi connectivity index (χ1v) is 6.99. The number of rotatable bonds is 2. The number of methoxy groups -OCH3 is 2. The summed E-state index contributed by atoms with van der Waals surface area (Å²) < 4.78 is 10.8. The van der Waals surface area contributed by atoms with Gasteiger partial charge in [0.05, 0.1) is 19.6 Å². The van der Waals surface area contributed by atoms with Gasteiger partial charge in [0.1, 0.15) is 0 Å². The highest BCUT2D eigenvalue weighted by atomic mass is 32.2. The van der Waals surface area contributed by atoms with E-state index in [1.165, 1.54) is 30.0 Å². The number of thioether (sulfide) groups is 1. The topological polar surface area (TPSA) is 21.7 Å². The molecule has 0 spiro atoms. The van der Waals surface area contributed by atoms with Gasteiger partial charge in [-0.1, -0.05) is 0 Å². The molecule has 2 heterocycles. The molecule has 0 radical (unpaired) electrons. The van der Waals surface area contributed by atoms with Crippen molar-refractivity contribution in [3.8, 4) is 11.5 Å². The second kappa shape index (κ2) is 4.42. The van der Waals surface area contributed by atoms with E-state index >= 15 is 0 Å². The Labute approximate surface area is 106 Å². The van der Waals surface area contributed by atoms with Gasteiger partial charge in [0.25, 0.3) is 0 Å². The molecular weight excluding hydrogens is 234 g/mol. The van der Waals surface area contributed by atoms with Crippen molar-refractivity contribution >= 4 is 11.8 Å². The van der Waals surface area contributed by atoms with Crippen LogP contribution < -0.4 is 9.47 Å². The molecule has 92 valence electrons. The molecule has 1 aromatic carbocycles. The van der Waals surface area contributed by atoms with Crippen molar-refractivity contribution in [3.05, 3.63) is 23.3 Å². The Morgan fingerprint density at radius 2 is 1.94 bits per heavy atom. The predicted molar refractivity (Wildman–Crippen MR) is 70.0 cm³/mol. The van der Waals surface area contributed by atoms with Crippen LogP contribution in [0.4, 0.5) is 0 Å². The predicted octanol–water partition coefficient (Wildman–Crippen LogP) is 2.31. The van der Waals surface area contributed by atoms with Crippen LogP contribution in [0.15, 0.2) is 12.1 Å². The largest absolute Gasteiger partial charge is 0.493 e. The lowest BCUT2D eigenvalue weighted by Crippen LogP contribution is -2.30. The van der Waals surface area contributed by atoms with E-state index in [4.69, 9.17) is 9.47 Å². The third kappa shape index (κ3) is 1.79. The Morgan fingerprint density at radius 1 is 1.18 bits per heavy atom. The minimum absolute atomic E-state index is 0.526. The second-order valence-corrected chi connectivity index (χ2v) is 5.60. The molecule has 0 saturated carbocycles. The van der Waals surface area contributed by atoms with Gasteiger partial charge in [-0.15, -0.1) is 11.8 Å². The average Bonchev–Trinajstić information content (AvgIpc) is 2.85. The molecular formula is C13H17NO2S. The van der Waals surface area contributed by atoms with Crippen LogP contribution in [-0.4, -0.2) is 38.0 Å². The summed E-state index contributed by atoms with van der Waals surface area (Å²) in [6, 6.07) is 4.30. The summed E-state index contributed by atoms with van der Waals surface area (Å²) in [5.74, 6) is 2.93. The van der Waals surface area contributed by atoms with E-state index in [1.54, 1.807) is 14.2 Å². The third-order valence-electron chi connectivity index (χ3n) is 3.57. The molecule has 3 rings (SSSR count). The Morgan fingerprint density at radius 3 is 2.71 bits per heavy atom. The van der Waals surface area contributed by atoms with Crippen molar-refractivity contribution in [2.24, 2.45) is 0 Å². The van der Waals surface area contributed by atoms with E-state index in [-0.39, 0.29) is 0 Å². The molecule has 17 heavy (non-hydrogen) atoms. The van der Waals surface area contributed by atoms with E-state index in [9.17, 15) is 0 Å². The summed E-state index contributed by atoms with van der Waals surface area (Å²) >= 11 is 2.03. The lowest BCUT2D eigenvalue weighted by Gasteiger charge is -2.31. The zero-order valence-corrected chi connectivity index (χ0v) is 11.0. The van der Waals surface area contributed by atoms with Crippen molar-refractivity contribution in [3.63, 3.8) is 0 Å². The third-order valence-corrected chi connectivity index (χ3v) is 4.85. The Hall–Kier alpha value is -0.870. The summed E-state index contributed by atoms with van der Waals surface area (Å²) in [6.07, 6.45) is 1.12. The van der Waals surface area contributed by atoms with E-state index in [2.05, 4.69) is 17.0 Å². The highest BCUT2D eigenvalue weighted by Crippen LogP contribution is 2.45. The van der Waals surface area contributed by atoms with Crippen LogP contribution in [0.1, 0.15) is 16.5 Å². The summed E-state index contributed by atoms with van der Waals surface area (Å²) in [4.78, 5) is 2.55. The van der Waals surface area contributed by atoms with E-state index < -0.39 is 0 Å². The van der Waals surface area contributed by atoms with Crippen molar-refractivity contribution in [1.82, 2.24) is 4.90 Å². The van der Waals surface area contributed by atoms with Gasteiger partial charge in [-0.25, -0.2) is 0 Å². The van der Waals surface area contributed by atoms with Crippen LogP contribution in [0.5, 0.6) is 11.5 Å². The molecule has 2 aliphatic heterocycles. The normalized spacial score (nSPS) is 23.1. The van der Waals surface area contributed by atoms with Gasteiger partial charge < -0.3 is 9.47 Å². The molecule has 1 aromatic rings. The van der Waals surface area contributed by atoms with Gasteiger partial charge in [-0.3, -0.25) is 4.90 Å². The van der Waals surface area contributed by atoms with Gasteiger partial charge in [0.15, 0.2) is 11.5 Å². The molecule has 0 aromatic heterocycles. The first kappa shape index (κ1) is 11.2. The molecule has 2 aliphatic rings.